The van der Waals surface area contributed by atoms with Crippen LogP contribution in [0.15, 0.2) is 30.7 Å². The van der Waals surface area contributed by atoms with E-state index in [-0.39, 0.29) is 18.1 Å². The second-order valence-corrected chi connectivity index (χ2v) is 5.11. The number of hydrogen-bond donors (Lipinski definition) is 2. The number of aromatic nitrogens is 3. The number of carbonyl (C=O) groups excluding carboxylic acids is 1. The van der Waals surface area contributed by atoms with E-state index in [0.717, 1.165) is 12.0 Å². The molecule has 1 amide bonds. The minimum atomic E-state index is -0.240. The minimum absolute atomic E-state index is 0.213. The van der Waals surface area contributed by atoms with Crippen molar-refractivity contribution in [3.8, 4) is 5.75 Å². The molecule has 2 aromatic heterocycles. The summed E-state index contributed by atoms with van der Waals surface area (Å²) in [5.41, 5.74) is 1.49. The van der Waals surface area contributed by atoms with Gasteiger partial charge in [0.1, 0.15) is 11.8 Å². The highest BCUT2D eigenvalue weighted by molar-refractivity contribution is 5.92. The monoisotopic (exact) mass is 302 g/mol. The Bertz CT molecular complexity index is 629. The number of nitrogens with one attached hydrogen (secondary N) is 2. The van der Waals surface area contributed by atoms with Crippen molar-refractivity contribution in [2.24, 2.45) is 0 Å². The molecule has 0 bridgehead atoms. The van der Waals surface area contributed by atoms with Crippen LogP contribution in [0.3, 0.4) is 0 Å². The van der Waals surface area contributed by atoms with Gasteiger partial charge in [-0.15, -0.1) is 0 Å². The summed E-state index contributed by atoms with van der Waals surface area (Å²) in [7, 11) is 0. The Kier molecular flexibility index (Phi) is 4.34. The van der Waals surface area contributed by atoms with Gasteiger partial charge < -0.3 is 14.8 Å². The minimum Gasteiger partial charge on any atom is -0.482 e. The molecule has 7 nitrogen and oxygen atoms in total. The molecule has 7 heteroatoms. The molecule has 2 atom stereocenters. The molecule has 0 unspecified atom stereocenters. The van der Waals surface area contributed by atoms with Gasteiger partial charge >= 0.3 is 0 Å². The summed E-state index contributed by atoms with van der Waals surface area (Å²) in [5.74, 6) is 0.410. The van der Waals surface area contributed by atoms with E-state index >= 15 is 0 Å². The number of nitrogens with zero attached hydrogens (tertiary/aromatic N) is 2. The highest BCUT2D eigenvalue weighted by atomic mass is 16.5. The molecule has 3 rings (SSSR count). The Balaban J connectivity index is 1.64. The van der Waals surface area contributed by atoms with E-state index in [2.05, 4.69) is 20.5 Å². The van der Waals surface area contributed by atoms with E-state index in [9.17, 15) is 4.79 Å². The van der Waals surface area contributed by atoms with Gasteiger partial charge in [0.2, 0.25) is 0 Å². The quantitative estimate of drug-likeness (QED) is 0.858. The molecular formula is C15H18N4O3. The maximum absolute atomic E-state index is 12.3. The number of hydrogen-bond acceptors (Lipinski definition) is 5. The smallest absolute Gasteiger partial charge is 0.270 e. The van der Waals surface area contributed by atoms with Crippen molar-refractivity contribution in [1.29, 1.82) is 0 Å². The van der Waals surface area contributed by atoms with Gasteiger partial charge in [-0.05, 0) is 24.1 Å². The van der Waals surface area contributed by atoms with Gasteiger partial charge in [-0.2, -0.15) is 5.10 Å². The maximum Gasteiger partial charge on any atom is 0.270 e. The van der Waals surface area contributed by atoms with Crippen molar-refractivity contribution in [3.63, 3.8) is 0 Å². The standard InChI is InChI=1S/C15H18N4O3/c1-2-10-3-4-16-12(5-10)15(20)19-13-8-21-9-14(13)22-11-6-17-18-7-11/h3-7,13-14H,2,8-9H2,1H3,(H,17,18)(H,19,20)/t13-,14+/m0/s1. The fraction of sp³-hybridized carbons (Fsp3) is 0.400. The Morgan fingerprint density at radius 3 is 3.23 bits per heavy atom. The zero-order valence-electron chi connectivity index (χ0n) is 12.3. The molecule has 1 aliphatic rings. The van der Waals surface area contributed by atoms with E-state index in [1.165, 1.54) is 0 Å². The Hall–Kier alpha value is -2.41. The summed E-state index contributed by atoms with van der Waals surface area (Å²) in [6.45, 7) is 2.89. The van der Waals surface area contributed by atoms with Crippen molar-refractivity contribution in [1.82, 2.24) is 20.5 Å². The van der Waals surface area contributed by atoms with E-state index in [1.54, 1.807) is 24.7 Å². The Morgan fingerprint density at radius 2 is 2.45 bits per heavy atom. The van der Waals surface area contributed by atoms with Gasteiger partial charge in [0, 0.05) is 6.20 Å². The van der Waals surface area contributed by atoms with Gasteiger partial charge in [-0.1, -0.05) is 6.92 Å². The van der Waals surface area contributed by atoms with Crippen LogP contribution in [-0.2, 0) is 11.2 Å². The molecule has 116 valence electrons. The number of aryl methyl sites for hydroxylation is 1. The third kappa shape index (κ3) is 3.25. The number of amides is 1. The van der Waals surface area contributed by atoms with Crippen LogP contribution < -0.4 is 10.1 Å². The third-order valence-corrected chi connectivity index (χ3v) is 3.57. The molecule has 0 spiro atoms. The van der Waals surface area contributed by atoms with E-state index < -0.39 is 0 Å². The van der Waals surface area contributed by atoms with Gasteiger partial charge in [-0.3, -0.25) is 14.9 Å². The number of pyridine rings is 1. The summed E-state index contributed by atoms with van der Waals surface area (Å²) in [5, 5.41) is 9.44. The van der Waals surface area contributed by atoms with Crippen LogP contribution in [-0.4, -0.2) is 46.4 Å². The molecule has 2 N–H and O–H groups in total. The van der Waals surface area contributed by atoms with E-state index in [4.69, 9.17) is 9.47 Å². The van der Waals surface area contributed by atoms with Crippen molar-refractivity contribution in [2.75, 3.05) is 13.2 Å². The SMILES string of the molecule is CCc1ccnc(C(=O)N[C@H]2COC[C@H]2Oc2cn[nH]c2)c1. The molecule has 0 radical (unpaired) electrons. The van der Waals surface area contributed by atoms with Gasteiger partial charge in [0.05, 0.1) is 31.6 Å². The van der Waals surface area contributed by atoms with E-state index in [1.807, 2.05) is 13.0 Å². The lowest BCUT2D eigenvalue weighted by atomic mass is 10.1. The lowest BCUT2D eigenvalue weighted by molar-refractivity contribution is 0.0899. The molecule has 0 aliphatic carbocycles. The van der Waals surface area contributed by atoms with Gasteiger partial charge in [0.25, 0.3) is 5.91 Å². The van der Waals surface area contributed by atoms with Crippen LogP contribution in [0.4, 0.5) is 0 Å². The summed E-state index contributed by atoms with van der Waals surface area (Å²) >= 11 is 0. The average Bonchev–Trinajstić information content (AvgIpc) is 3.20. The summed E-state index contributed by atoms with van der Waals surface area (Å²) in [6.07, 6.45) is 5.52. The molecule has 0 aromatic carbocycles. The summed E-state index contributed by atoms with van der Waals surface area (Å²) in [4.78, 5) is 16.4. The molecular weight excluding hydrogens is 284 g/mol. The van der Waals surface area contributed by atoms with Gasteiger partial charge in [0.15, 0.2) is 5.75 Å². The van der Waals surface area contributed by atoms with Crippen LogP contribution in [0.1, 0.15) is 23.0 Å². The third-order valence-electron chi connectivity index (χ3n) is 3.57. The van der Waals surface area contributed by atoms with Crippen molar-refractivity contribution in [3.05, 3.63) is 42.0 Å². The molecule has 1 fully saturated rings. The fourth-order valence-corrected chi connectivity index (χ4v) is 2.32. The molecule has 1 saturated heterocycles. The first kappa shape index (κ1) is 14.5. The molecule has 3 heterocycles. The number of rotatable bonds is 5. The van der Waals surface area contributed by atoms with Crippen LogP contribution in [0.5, 0.6) is 5.75 Å². The Labute approximate surface area is 128 Å². The maximum atomic E-state index is 12.3. The van der Waals surface area contributed by atoms with Gasteiger partial charge in [-0.25, -0.2) is 0 Å². The van der Waals surface area contributed by atoms with E-state index in [0.29, 0.717) is 24.7 Å². The van der Waals surface area contributed by atoms with Crippen LogP contribution in [0.25, 0.3) is 0 Å². The highest BCUT2D eigenvalue weighted by Crippen LogP contribution is 2.16. The van der Waals surface area contributed by atoms with Crippen LogP contribution >= 0.6 is 0 Å². The first-order valence-electron chi connectivity index (χ1n) is 7.25. The fourth-order valence-electron chi connectivity index (χ4n) is 2.32. The molecule has 22 heavy (non-hydrogen) atoms. The first-order chi connectivity index (χ1) is 10.8. The second kappa shape index (κ2) is 6.57. The average molecular weight is 302 g/mol. The van der Waals surface area contributed by atoms with Crippen molar-refractivity contribution in [2.45, 2.75) is 25.5 Å². The summed E-state index contributed by atoms with van der Waals surface area (Å²) in [6, 6.07) is 3.49. The normalized spacial score (nSPS) is 20.8. The van der Waals surface area contributed by atoms with Crippen LogP contribution in [0.2, 0.25) is 0 Å². The number of carbonyl (C=O) groups is 1. The van der Waals surface area contributed by atoms with Crippen molar-refractivity contribution >= 4 is 5.91 Å². The van der Waals surface area contributed by atoms with Crippen LogP contribution in [0, 0.1) is 0 Å². The number of aromatic amines is 1. The highest BCUT2D eigenvalue weighted by Gasteiger charge is 2.32. The number of H-pyrrole nitrogens is 1. The first-order valence-corrected chi connectivity index (χ1v) is 7.25. The predicted octanol–water partition coefficient (Wildman–Crippen LogP) is 0.943. The van der Waals surface area contributed by atoms with Crippen molar-refractivity contribution < 1.29 is 14.3 Å². The topological polar surface area (TPSA) is 89.1 Å². The molecule has 0 saturated carbocycles. The molecule has 1 aliphatic heterocycles. The predicted molar refractivity (Wildman–Crippen MR) is 78.7 cm³/mol. The number of ether oxygens (including phenoxy) is 2. The Morgan fingerprint density at radius 1 is 1.55 bits per heavy atom. The lowest BCUT2D eigenvalue weighted by Crippen LogP contribution is -2.45. The second-order valence-electron chi connectivity index (χ2n) is 5.11. The molecule has 2 aromatic rings. The zero-order chi connectivity index (χ0) is 15.4. The summed E-state index contributed by atoms with van der Waals surface area (Å²) < 4.78 is 11.2. The lowest BCUT2D eigenvalue weighted by Gasteiger charge is -2.19. The zero-order valence-corrected chi connectivity index (χ0v) is 12.3. The largest absolute Gasteiger partial charge is 0.482 e.